The molecule has 9 nitrogen and oxygen atoms in total. The zero-order valence-electron chi connectivity index (χ0n) is 20.6. The van der Waals surface area contributed by atoms with E-state index in [1.54, 1.807) is 7.11 Å². The maximum atomic E-state index is 13.6. The number of ether oxygens (including phenoxy) is 2. The molecular formula is C27H35N3O6. The summed E-state index contributed by atoms with van der Waals surface area (Å²) in [5.41, 5.74) is 1.70. The lowest BCUT2D eigenvalue weighted by Crippen LogP contribution is -2.55. The monoisotopic (exact) mass is 497 g/mol. The van der Waals surface area contributed by atoms with E-state index in [-0.39, 0.29) is 18.9 Å². The van der Waals surface area contributed by atoms with Gasteiger partial charge < -0.3 is 30.1 Å². The molecule has 0 aromatic heterocycles. The van der Waals surface area contributed by atoms with Crippen molar-refractivity contribution in [3.63, 3.8) is 0 Å². The second-order valence-corrected chi connectivity index (χ2v) is 8.80. The van der Waals surface area contributed by atoms with E-state index in [2.05, 4.69) is 10.6 Å². The Morgan fingerprint density at radius 3 is 2.36 bits per heavy atom. The maximum Gasteiger partial charge on any atom is 0.408 e. The molecule has 3 atom stereocenters. The van der Waals surface area contributed by atoms with Crippen molar-refractivity contribution in [2.75, 3.05) is 20.3 Å². The zero-order chi connectivity index (χ0) is 25.8. The highest BCUT2D eigenvalue weighted by Crippen LogP contribution is 2.20. The van der Waals surface area contributed by atoms with Gasteiger partial charge in [-0.1, -0.05) is 60.7 Å². The highest BCUT2D eigenvalue weighted by atomic mass is 16.5. The lowest BCUT2D eigenvalue weighted by molar-refractivity contribution is -0.141. The molecule has 0 unspecified atom stereocenters. The van der Waals surface area contributed by atoms with Gasteiger partial charge in [-0.05, 0) is 36.8 Å². The van der Waals surface area contributed by atoms with Crippen LogP contribution in [-0.4, -0.2) is 66.5 Å². The van der Waals surface area contributed by atoms with Gasteiger partial charge in [0.2, 0.25) is 11.8 Å². The SMILES string of the molecule is COCCC[C@@H](O)NC(=O)[C@@H]1CCCN1C(=O)[C@@H](Cc1ccccc1)NC(=O)OCc1ccccc1. The minimum Gasteiger partial charge on any atom is -0.445 e. The van der Waals surface area contributed by atoms with Crippen LogP contribution in [-0.2, 0) is 32.1 Å². The van der Waals surface area contributed by atoms with Crippen molar-refractivity contribution in [3.05, 3.63) is 71.8 Å². The number of hydrogen-bond acceptors (Lipinski definition) is 6. The first kappa shape index (κ1) is 27.2. The lowest BCUT2D eigenvalue weighted by atomic mass is 10.0. The highest BCUT2D eigenvalue weighted by Gasteiger charge is 2.38. The van der Waals surface area contributed by atoms with Gasteiger partial charge in [-0.3, -0.25) is 9.59 Å². The molecular weight excluding hydrogens is 462 g/mol. The van der Waals surface area contributed by atoms with Crippen LogP contribution in [0.4, 0.5) is 4.79 Å². The van der Waals surface area contributed by atoms with E-state index in [0.29, 0.717) is 38.8 Å². The first-order chi connectivity index (χ1) is 17.5. The smallest absolute Gasteiger partial charge is 0.408 e. The highest BCUT2D eigenvalue weighted by molar-refractivity contribution is 5.92. The number of carbonyl (C=O) groups excluding carboxylic acids is 3. The number of amides is 3. The van der Waals surface area contributed by atoms with Gasteiger partial charge in [0.25, 0.3) is 0 Å². The Hall–Kier alpha value is -3.43. The van der Waals surface area contributed by atoms with Crippen molar-refractivity contribution in [3.8, 4) is 0 Å². The Kier molecular flexibility index (Phi) is 10.7. The third-order valence-electron chi connectivity index (χ3n) is 6.06. The molecule has 3 rings (SSSR count). The summed E-state index contributed by atoms with van der Waals surface area (Å²) in [6.07, 6.45) is 0.618. The van der Waals surface area contributed by atoms with Crippen LogP contribution in [0.3, 0.4) is 0 Å². The van der Waals surface area contributed by atoms with Crippen molar-refractivity contribution in [1.29, 1.82) is 0 Å². The predicted molar refractivity (Wildman–Crippen MR) is 134 cm³/mol. The molecule has 0 bridgehead atoms. The Labute approximate surface area is 211 Å². The van der Waals surface area contributed by atoms with Gasteiger partial charge in [0.05, 0.1) is 0 Å². The summed E-state index contributed by atoms with van der Waals surface area (Å²) in [6, 6.07) is 17.0. The van der Waals surface area contributed by atoms with E-state index in [9.17, 15) is 19.5 Å². The summed E-state index contributed by atoms with van der Waals surface area (Å²) in [7, 11) is 1.57. The molecule has 1 aliphatic heterocycles. The topological polar surface area (TPSA) is 117 Å². The molecule has 0 spiro atoms. The first-order valence-electron chi connectivity index (χ1n) is 12.3. The second-order valence-electron chi connectivity index (χ2n) is 8.80. The number of carbonyl (C=O) groups is 3. The molecule has 3 amide bonds. The van der Waals surface area contributed by atoms with Gasteiger partial charge in [-0.15, -0.1) is 0 Å². The van der Waals surface area contributed by atoms with Gasteiger partial charge in [0.15, 0.2) is 0 Å². The molecule has 1 aliphatic rings. The van der Waals surface area contributed by atoms with Crippen molar-refractivity contribution in [1.82, 2.24) is 15.5 Å². The summed E-state index contributed by atoms with van der Waals surface area (Å²) < 4.78 is 10.3. The number of likely N-dealkylation sites (tertiary alicyclic amines) is 1. The van der Waals surface area contributed by atoms with Crippen molar-refractivity contribution in [2.24, 2.45) is 0 Å². The van der Waals surface area contributed by atoms with E-state index >= 15 is 0 Å². The zero-order valence-corrected chi connectivity index (χ0v) is 20.6. The minimum absolute atomic E-state index is 0.0780. The first-order valence-corrected chi connectivity index (χ1v) is 12.3. The third-order valence-corrected chi connectivity index (χ3v) is 6.06. The standard InChI is InChI=1S/C27H35N3O6/c1-35-17-9-15-24(31)29-25(32)23-14-8-16-30(23)26(33)22(18-20-10-4-2-5-11-20)28-27(34)36-19-21-12-6-3-7-13-21/h2-7,10-13,22-24,31H,8-9,14-19H2,1H3,(H,28,34)(H,29,32)/t22-,23+,24-/m1/s1. The van der Waals surface area contributed by atoms with Gasteiger partial charge in [-0.2, -0.15) is 0 Å². The van der Waals surface area contributed by atoms with Crippen LogP contribution in [0.2, 0.25) is 0 Å². The number of aliphatic hydroxyl groups excluding tert-OH is 1. The number of aliphatic hydroxyl groups is 1. The lowest BCUT2D eigenvalue weighted by Gasteiger charge is -2.29. The normalized spacial score (nSPS) is 16.7. The molecule has 36 heavy (non-hydrogen) atoms. The fraction of sp³-hybridized carbons (Fsp3) is 0.444. The van der Waals surface area contributed by atoms with E-state index in [4.69, 9.17) is 9.47 Å². The van der Waals surface area contributed by atoms with Crippen LogP contribution in [0.25, 0.3) is 0 Å². The van der Waals surface area contributed by atoms with E-state index < -0.39 is 30.3 Å². The molecule has 3 N–H and O–H groups in total. The fourth-order valence-corrected chi connectivity index (χ4v) is 4.21. The molecule has 2 aromatic rings. The second kappa shape index (κ2) is 14.2. The number of alkyl carbamates (subject to hydrolysis) is 1. The molecule has 9 heteroatoms. The van der Waals surface area contributed by atoms with Crippen LogP contribution in [0.5, 0.6) is 0 Å². The molecule has 1 fully saturated rings. The number of methoxy groups -OCH3 is 1. The van der Waals surface area contributed by atoms with Crippen LogP contribution in [0, 0.1) is 0 Å². The summed E-state index contributed by atoms with van der Waals surface area (Å²) in [5, 5.41) is 15.4. The van der Waals surface area contributed by atoms with E-state index in [0.717, 1.165) is 11.1 Å². The molecule has 2 aromatic carbocycles. The average Bonchev–Trinajstić information content (AvgIpc) is 3.38. The largest absolute Gasteiger partial charge is 0.445 e. The van der Waals surface area contributed by atoms with Crippen molar-refractivity contribution >= 4 is 17.9 Å². The van der Waals surface area contributed by atoms with Crippen LogP contribution in [0.15, 0.2) is 60.7 Å². The summed E-state index contributed by atoms with van der Waals surface area (Å²) in [4.78, 5) is 40.5. The fourth-order valence-electron chi connectivity index (χ4n) is 4.21. The van der Waals surface area contributed by atoms with Crippen LogP contribution in [0.1, 0.15) is 36.8 Å². The van der Waals surface area contributed by atoms with E-state index in [1.807, 2.05) is 60.7 Å². The molecule has 0 aliphatic carbocycles. The number of benzene rings is 2. The van der Waals surface area contributed by atoms with Crippen LogP contribution >= 0.6 is 0 Å². The van der Waals surface area contributed by atoms with Gasteiger partial charge in [0.1, 0.15) is 24.9 Å². The minimum atomic E-state index is -1.02. The van der Waals surface area contributed by atoms with Gasteiger partial charge in [-0.25, -0.2) is 4.79 Å². The van der Waals surface area contributed by atoms with Gasteiger partial charge >= 0.3 is 6.09 Å². The molecule has 1 heterocycles. The molecule has 0 saturated carbocycles. The number of hydrogen-bond donors (Lipinski definition) is 3. The Morgan fingerprint density at radius 2 is 1.69 bits per heavy atom. The average molecular weight is 498 g/mol. The number of nitrogens with one attached hydrogen (secondary N) is 2. The summed E-state index contributed by atoms with van der Waals surface area (Å²) in [5.74, 6) is -0.766. The number of rotatable bonds is 12. The predicted octanol–water partition coefficient (Wildman–Crippen LogP) is 2.38. The Morgan fingerprint density at radius 1 is 1.03 bits per heavy atom. The molecule has 1 saturated heterocycles. The molecule has 194 valence electrons. The van der Waals surface area contributed by atoms with Crippen LogP contribution < -0.4 is 10.6 Å². The molecule has 0 radical (unpaired) electrons. The number of nitrogens with zero attached hydrogens (tertiary/aromatic N) is 1. The quantitative estimate of drug-likeness (QED) is 0.306. The summed E-state index contributed by atoms with van der Waals surface area (Å²) in [6.45, 7) is 0.950. The Balaban J connectivity index is 1.65. The van der Waals surface area contributed by atoms with Crippen molar-refractivity contribution in [2.45, 2.75) is 57.0 Å². The van der Waals surface area contributed by atoms with Gasteiger partial charge in [0, 0.05) is 26.7 Å². The van der Waals surface area contributed by atoms with E-state index in [1.165, 1.54) is 4.90 Å². The summed E-state index contributed by atoms with van der Waals surface area (Å²) >= 11 is 0. The van der Waals surface area contributed by atoms with Crippen molar-refractivity contribution < 1.29 is 29.0 Å². The Bertz CT molecular complexity index is 972. The maximum absolute atomic E-state index is 13.6. The third kappa shape index (κ3) is 8.35.